The van der Waals surface area contributed by atoms with Crippen LogP contribution in [0.15, 0.2) is 66.7 Å². The minimum Gasteiger partial charge on any atom is -0.496 e. The standard InChI is InChI=1S/C30H36ClN3O5/c1-30(2,39-29(37)33-25-13-9-8-12-23(25)21-10-6-5-7-11-21)15-17-34(3)16-14-28(36)32-26-19-27(38-4)22(20-35)18-24(26)31/h5-13,18-19,35H,14-17,20H2,1-4H3,(H,32,36)(H,33,37). The highest BCUT2D eigenvalue weighted by Crippen LogP contribution is 2.31. The fourth-order valence-corrected chi connectivity index (χ4v) is 4.21. The van der Waals surface area contributed by atoms with Gasteiger partial charge in [0.05, 0.1) is 30.1 Å². The van der Waals surface area contributed by atoms with Crippen LogP contribution in [-0.4, -0.2) is 54.9 Å². The number of hydrogen-bond acceptors (Lipinski definition) is 6. The highest BCUT2D eigenvalue weighted by atomic mass is 35.5. The number of nitrogens with zero attached hydrogens (tertiary/aromatic N) is 1. The molecular weight excluding hydrogens is 518 g/mol. The van der Waals surface area contributed by atoms with Gasteiger partial charge in [0.15, 0.2) is 0 Å². The fourth-order valence-electron chi connectivity index (χ4n) is 3.98. The number of nitrogens with one attached hydrogen (secondary N) is 2. The minimum atomic E-state index is -0.721. The van der Waals surface area contributed by atoms with Crippen molar-refractivity contribution < 1.29 is 24.2 Å². The first-order chi connectivity index (χ1) is 18.6. The number of rotatable bonds is 12. The molecule has 0 spiro atoms. The highest BCUT2D eigenvalue weighted by molar-refractivity contribution is 6.33. The summed E-state index contributed by atoms with van der Waals surface area (Å²) < 4.78 is 11.0. The molecule has 0 unspecified atom stereocenters. The zero-order chi connectivity index (χ0) is 28.4. The smallest absolute Gasteiger partial charge is 0.412 e. The second-order valence-electron chi connectivity index (χ2n) is 9.84. The molecule has 0 atom stereocenters. The van der Waals surface area contributed by atoms with Crippen LogP contribution in [0.2, 0.25) is 5.02 Å². The van der Waals surface area contributed by atoms with E-state index in [1.165, 1.54) is 7.11 Å². The van der Waals surface area contributed by atoms with Gasteiger partial charge in [0.25, 0.3) is 0 Å². The zero-order valence-electron chi connectivity index (χ0n) is 22.8. The first-order valence-corrected chi connectivity index (χ1v) is 13.1. The third-order valence-corrected chi connectivity index (χ3v) is 6.56. The number of ether oxygens (including phenoxy) is 2. The number of halogens is 1. The summed E-state index contributed by atoms with van der Waals surface area (Å²) in [6.07, 6.45) is 0.296. The van der Waals surface area contributed by atoms with Gasteiger partial charge in [0.1, 0.15) is 11.4 Å². The van der Waals surface area contributed by atoms with Crippen LogP contribution in [0.1, 0.15) is 32.3 Å². The van der Waals surface area contributed by atoms with Gasteiger partial charge in [-0.05, 0) is 45.0 Å². The van der Waals surface area contributed by atoms with Gasteiger partial charge < -0.3 is 24.8 Å². The molecule has 3 rings (SSSR count). The van der Waals surface area contributed by atoms with E-state index >= 15 is 0 Å². The van der Waals surface area contributed by atoms with E-state index < -0.39 is 11.7 Å². The number of anilines is 2. The van der Waals surface area contributed by atoms with E-state index in [-0.39, 0.29) is 18.9 Å². The molecule has 0 saturated carbocycles. The van der Waals surface area contributed by atoms with Gasteiger partial charge in [-0.1, -0.05) is 60.1 Å². The third kappa shape index (κ3) is 8.99. The molecule has 0 saturated heterocycles. The molecule has 0 aromatic heterocycles. The molecule has 0 bridgehead atoms. The van der Waals surface area contributed by atoms with Gasteiger partial charge in [-0.15, -0.1) is 0 Å². The summed E-state index contributed by atoms with van der Waals surface area (Å²) in [6, 6.07) is 20.6. The van der Waals surface area contributed by atoms with Gasteiger partial charge in [-0.3, -0.25) is 10.1 Å². The number of amides is 2. The molecule has 0 aliphatic carbocycles. The summed E-state index contributed by atoms with van der Waals surface area (Å²) in [4.78, 5) is 27.2. The van der Waals surface area contributed by atoms with Crippen molar-refractivity contribution in [3.8, 4) is 16.9 Å². The summed E-state index contributed by atoms with van der Waals surface area (Å²) in [7, 11) is 3.40. The summed E-state index contributed by atoms with van der Waals surface area (Å²) in [5.41, 5.74) is 2.83. The largest absolute Gasteiger partial charge is 0.496 e. The van der Waals surface area contributed by atoms with E-state index in [9.17, 15) is 14.7 Å². The molecule has 3 aromatic carbocycles. The molecule has 2 amide bonds. The van der Waals surface area contributed by atoms with E-state index in [4.69, 9.17) is 21.1 Å². The average molecular weight is 554 g/mol. The molecule has 9 heteroatoms. The second kappa shape index (κ2) is 14.0. The number of para-hydroxylation sites is 1. The Morgan fingerprint density at radius 2 is 1.67 bits per heavy atom. The lowest BCUT2D eigenvalue weighted by atomic mass is 10.0. The van der Waals surface area contributed by atoms with Crippen LogP contribution in [0.3, 0.4) is 0 Å². The summed E-state index contributed by atoms with van der Waals surface area (Å²) >= 11 is 6.24. The van der Waals surface area contributed by atoms with Crippen LogP contribution in [0.25, 0.3) is 11.1 Å². The lowest BCUT2D eigenvalue weighted by Gasteiger charge is -2.28. The van der Waals surface area contributed by atoms with Crippen LogP contribution in [0.5, 0.6) is 5.75 Å². The molecule has 39 heavy (non-hydrogen) atoms. The van der Waals surface area contributed by atoms with Crippen LogP contribution in [0, 0.1) is 0 Å². The Hall–Kier alpha value is -3.59. The summed E-state index contributed by atoms with van der Waals surface area (Å²) in [5.74, 6) is 0.249. The SMILES string of the molecule is COc1cc(NC(=O)CCN(C)CCC(C)(C)OC(=O)Nc2ccccc2-c2ccccc2)c(Cl)cc1CO. The van der Waals surface area contributed by atoms with Crippen molar-refractivity contribution in [2.75, 3.05) is 37.9 Å². The van der Waals surface area contributed by atoms with E-state index in [1.54, 1.807) is 12.1 Å². The lowest BCUT2D eigenvalue weighted by Crippen LogP contribution is -2.35. The third-order valence-electron chi connectivity index (χ3n) is 6.25. The van der Waals surface area contributed by atoms with E-state index in [0.717, 1.165) is 11.1 Å². The van der Waals surface area contributed by atoms with E-state index in [2.05, 4.69) is 10.6 Å². The Kier molecular flexibility index (Phi) is 10.7. The topological polar surface area (TPSA) is 100 Å². The van der Waals surface area contributed by atoms with Crippen LogP contribution < -0.4 is 15.4 Å². The van der Waals surface area contributed by atoms with Crippen LogP contribution in [-0.2, 0) is 16.1 Å². The molecular formula is C30H36ClN3O5. The van der Waals surface area contributed by atoms with Crippen molar-refractivity contribution in [3.63, 3.8) is 0 Å². The Bertz CT molecular complexity index is 1270. The normalized spacial score (nSPS) is 11.3. The monoisotopic (exact) mass is 553 g/mol. The zero-order valence-corrected chi connectivity index (χ0v) is 23.5. The maximum atomic E-state index is 12.7. The number of carbonyl (C=O) groups is 2. The van der Waals surface area contributed by atoms with Gasteiger partial charge in [-0.25, -0.2) is 4.79 Å². The highest BCUT2D eigenvalue weighted by Gasteiger charge is 2.24. The molecule has 0 aliphatic heterocycles. The Labute approximate surface area is 234 Å². The van der Waals surface area contributed by atoms with Crippen molar-refractivity contribution in [1.29, 1.82) is 0 Å². The summed E-state index contributed by atoms with van der Waals surface area (Å²) in [6.45, 7) is 4.63. The molecule has 3 N–H and O–H groups in total. The fraction of sp³-hybridized carbons (Fsp3) is 0.333. The van der Waals surface area contributed by atoms with Crippen molar-refractivity contribution in [2.24, 2.45) is 0 Å². The first kappa shape index (κ1) is 30.0. The van der Waals surface area contributed by atoms with Crippen LogP contribution >= 0.6 is 11.6 Å². The molecule has 0 heterocycles. The molecule has 0 fully saturated rings. The minimum absolute atomic E-state index is 0.200. The van der Waals surface area contributed by atoms with E-state index in [0.29, 0.717) is 47.2 Å². The van der Waals surface area contributed by atoms with Gasteiger partial charge in [0.2, 0.25) is 5.91 Å². The van der Waals surface area contributed by atoms with Crippen molar-refractivity contribution in [1.82, 2.24) is 4.90 Å². The van der Waals surface area contributed by atoms with Gasteiger partial charge in [0, 0.05) is 36.7 Å². The Morgan fingerprint density at radius 1 is 0.974 bits per heavy atom. The molecule has 3 aromatic rings. The quantitative estimate of drug-likeness (QED) is 0.247. The Balaban J connectivity index is 1.47. The number of hydrogen-bond donors (Lipinski definition) is 3. The predicted molar refractivity (Wildman–Crippen MR) is 155 cm³/mol. The molecule has 8 nitrogen and oxygen atoms in total. The molecule has 0 radical (unpaired) electrons. The molecule has 0 aliphatic rings. The number of aliphatic hydroxyl groups excluding tert-OH is 1. The number of carbonyl (C=O) groups excluding carboxylic acids is 2. The number of aliphatic hydroxyl groups is 1. The van der Waals surface area contributed by atoms with Gasteiger partial charge >= 0.3 is 6.09 Å². The average Bonchev–Trinajstić information content (AvgIpc) is 2.92. The van der Waals surface area contributed by atoms with Crippen molar-refractivity contribution in [3.05, 3.63) is 77.3 Å². The number of methoxy groups -OCH3 is 1. The van der Waals surface area contributed by atoms with Crippen molar-refractivity contribution >= 4 is 35.0 Å². The van der Waals surface area contributed by atoms with Crippen molar-refractivity contribution in [2.45, 2.75) is 38.9 Å². The Morgan fingerprint density at radius 3 is 2.36 bits per heavy atom. The van der Waals surface area contributed by atoms with Crippen LogP contribution in [0.4, 0.5) is 16.2 Å². The number of benzene rings is 3. The lowest BCUT2D eigenvalue weighted by molar-refractivity contribution is -0.116. The maximum absolute atomic E-state index is 12.7. The van der Waals surface area contributed by atoms with Gasteiger partial charge in [-0.2, -0.15) is 0 Å². The predicted octanol–water partition coefficient (Wildman–Crippen LogP) is 6.19. The van der Waals surface area contributed by atoms with E-state index in [1.807, 2.05) is 80.4 Å². The molecule has 208 valence electrons. The second-order valence-corrected chi connectivity index (χ2v) is 10.2. The first-order valence-electron chi connectivity index (χ1n) is 12.7. The maximum Gasteiger partial charge on any atom is 0.412 e. The summed E-state index contributed by atoms with van der Waals surface area (Å²) in [5, 5.41) is 15.4.